The lowest BCUT2D eigenvalue weighted by atomic mass is 9.66. The quantitative estimate of drug-likeness (QED) is 0.440. The number of aromatic hydroxyl groups is 1. The van der Waals surface area contributed by atoms with Gasteiger partial charge in [0.15, 0.2) is 29.3 Å². The van der Waals surface area contributed by atoms with Crippen LogP contribution in [0.4, 0.5) is 0 Å². The minimum Gasteiger partial charge on any atom is -0.502 e. The molecule has 2 saturated heterocycles. The van der Waals surface area contributed by atoms with E-state index in [-0.39, 0.29) is 42.5 Å². The van der Waals surface area contributed by atoms with Gasteiger partial charge in [-0.15, -0.1) is 0 Å². The van der Waals surface area contributed by atoms with Gasteiger partial charge < -0.3 is 53.2 Å². The van der Waals surface area contributed by atoms with Crippen molar-refractivity contribution in [1.82, 2.24) is 0 Å². The smallest absolute Gasteiger partial charge is 0.310 e. The second-order valence-electron chi connectivity index (χ2n) is 11.5. The third-order valence-electron chi connectivity index (χ3n) is 9.26. The summed E-state index contributed by atoms with van der Waals surface area (Å²) in [6, 6.07) is 7.07. The summed E-state index contributed by atoms with van der Waals surface area (Å²) in [6.45, 7) is 2.29. The van der Waals surface area contributed by atoms with E-state index in [0.29, 0.717) is 30.1 Å². The van der Waals surface area contributed by atoms with Gasteiger partial charge in [0.1, 0.15) is 12.2 Å². The van der Waals surface area contributed by atoms with Crippen LogP contribution in [-0.4, -0.2) is 86.2 Å². The van der Waals surface area contributed by atoms with Crippen LogP contribution in [0.25, 0.3) is 0 Å². The molecular weight excluding hydrogens is 552 g/mol. The summed E-state index contributed by atoms with van der Waals surface area (Å²) in [5.41, 5.74) is 2.18. The van der Waals surface area contributed by atoms with Crippen molar-refractivity contribution < 1.29 is 58.0 Å². The molecule has 7 rings (SSSR count). The van der Waals surface area contributed by atoms with Crippen molar-refractivity contribution in [3.8, 4) is 28.7 Å². The summed E-state index contributed by atoms with van der Waals surface area (Å²) < 4.78 is 46.1. The highest BCUT2D eigenvalue weighted by Gasteiger charge is 2.55. The van der Waals surface area contributed by atoms with Crippen molar-refractivity contribution in [3.63, 3.8) is 0 Å². The zero-order chi connectivity index (χ0) is 29.3. The average Bonchev–Trinajstić information content (AvgIpc) is 3.61. The van der Waals surface area contributed by atoms with Crippen LogP contribution >= 0.6 is 0 Å². The molecule has 1 saturated carbocycles. The molecule has 5 aliphatic rings. The van der Waals surface area contributed by atoms with E-state index in [4.69, 9.17) is 37.9 Å². The number of benzene rings is 2. The largest absolute Gasteiger partial charge is 0.502 e. The molecular formula is C30H34O12. The van der Waals surface area contributed by atoms with E-state index in [1.165, 1.54) is 14.2 Å². The monoisotopic (exact) mass is 586 g/mol. The molecule has 12 nitrogen and oxygen atoms in total. The Balaban J connectivity index is 1.32. The topological polar surface area (TPSA) is 152 Å². The Morgan fingerprint density at radius 2 is 1.60 bits per heavy atom. The van der Waals surface area contributed by atoms with Gasteiger partial charge in [-0.3, -0.25) is 4.79 Å². The van der Waals surface area contributed by atoms with Gasteiger partial charge in [-0.2, -0.15) is 0 Å². The number of fused-ring (bicyclic) bond motifs is 4. The molecule has 3 heterocycles. The van der Waals surface area contributed by atoms with Crippen molar-refractivity contribution in [2.24, 2.45) is 17.8 Å². The Hall–Kier alpha value is -3.29. The van der Waals surface area contributed by atoms with Crippen LogP contribution in [0.5, 0.6) is 28.7 Å². The van der Waals surface area contributed by atoms with Crippen molar-refractivity contribution in [1.29, 1.82) is 0 Å². The predicted octanol–water partition coefficient (Wildman–Crippen LogP) is 2.00. The Labute approximate surface area is 241 Å². The fourth-order valence-corrected chi connectivity index (χ4v) is 7.24. The molecule has 10 atom stereocenters. The highest BCUT2D eigenvalue weighted by molar-refractivity contribution is 5.79. The van der Waals surface area contributed by atoms with Gasteiger partial charge in [-0.05, 0) is 54.3 Å². The van der Waals surface area contributed by atoms with Crippen LogP contribution in [0.2, 0.25) is 0 Å². The summed E-state index contributed by atoms with van der Waals surface area (Å²) >= 11 is 0. The standard InChI is InChI=1S/C30H34O12/c1-12-37-9-14-6-22(26(32)27(33)28(14)41-12)42-29-16-8-19-18(39-11-40-19)7-15(16)23(24-17(29)10-38-30(24)34)13-4-20(35-2)25(31)21(5-13)36-3/h4-5,7-8,12,14,17,22-24,26-29,31-33H,6,9-11H2,1-3H3/t12-,14-,17+,22-,23-,24+,26+,27-,28-,29?/m1/s1. The summed E-state index contributed by atoms with van der Waals surface area (Å²) in [5.74, 6) is -0.854. The van der Waals surface area contributed by atoms with E-state index in [0.717, 1.165) is 11.1 Å². The number of carbonyl (C=O) groups is 1. The molecule has 42 heavy (non-hydrogen) atoms. The molecule has 0 radical (unpaired) electrons. The van der Waals surface area contributed by atoms with Crippen molar-refractivity contribution >= 4 is 5.97 Å². The molecule has 226 valence electrons. The Bertz CT molecular complexity index is 1350. The summed E-state index contributed by atoms with van der Waals surface area (Å²) in [5, 5.41) is 32.7. The zero-order valence-electron chi connectivity index (χ0n) is 23.4. The maximum absolute atomic E-state index is 13.4. The molecule has 2 aliphatic carbocycles. The van der Waals surface area contributed by atoms with Gasteiger partial charge in [0, 0.05) is 17.8 Å². The van der Waals surface area contributed by atoms with Crippen molar-refractivity contribution in [2.75, 3.05) is 34.2 Å². The van der Waals surface area contributed by atoms with Crippen LogP contribution in [0, 0.1) is 17.8 Å². The van der Waals surface area contributed by atoms with E-state index in [1.54, 1.807) is 19.1 Å². The van der Waals surface area contributed by atoms with E-state index in [2.05, 4.69) is 0 Å². The number of cyclic esters (lactones) is 1. The lowest BCUT2D eigenvalue weighted by molar-refractivity contribution is -0.289. The first kappa shape index (κ1) is 27.5. The van der Waals surface area contributed by atoms with Crippen LogP contribution in [0.15, 0.2) is 24.3 Å². The minimum atomic E-state index is -1.21. The van der Waals surface area contributed by atoms with Gasteiger partial charge in [-0.1, -0.05) is 0 Å². The maximum Gasteiger partial charge on any atom is 0.310 e. The fourth-order valence-electron chi connectivity index (χ4n) is 7.24. The molecule has 1 unspecified atom stereocenters. The number of esters is 1. The lowest BCUT2D eigenvalue weighted by Crippen LogP contribution is -2.59. The number of methoxy groups -OCH3 is 2. The van der Waals surface area contributed by atoms with Crippen LogP contribution in [0.3, 0.4) is 0 Å². The summed E-state index contributed by atoms with van der Waals surface area (Å²) in [6.07, 6.45) is -4.45. The number of aliphatic hydroxyl groups excluding tert-OH is 2. The van der Waals surface area contributed by atoms with Gasteiger partial charge in [-0.25, -0.2) is 0 Å². The van der Waals surface area contributed by atoms with Gasteiger partial charge in [0.2, 0.25) is 12.5 Å². The van der Waals surface area contributed by atoms with E-state index >= 15 is 0 Å². The van der Waals surface area contributed by atoms with Crippen molar-refractivity contribution in [3.05, 3.63) is 41.0 Å². The predicted molar refractivity (Wildman–Crippen MR) is 142 cm³/mol. The number of hydrogen-bond donors (Lipinski definition) is 3. The summed E-state index contributed by atoms with van der Waals surface area (Å²) in [4.78, 5) is 13.4. The van der Waals surface area contributed by atoms with Gasteiger partial charge >= 0.3 is 5.97 Å². The highest BCUT2D eigenvalue weighted by atomic mass is 16.7. The number of ether oxygens (including phenoxy) is 8. The fraction of sp³-hybridized carbons (Fsp3) is 0.567. The molecule has 3 N–H and O–H groups in total. The lowest BCUT2D eigenvalue weighted by Gasteiger charge is -2.48. The second-order valence-corrected chi connectivity index (χ2v) is 11.5. The summed E-state index contributed by atoms with van der Waals surface area (Å²) in [7, 11) is 2.89. The third kappa shape index (κ3) is 4.27. The molecule has 0 spiro atoms. The van der Waals surface area contributed by atoms with Crippen LogP contribution < -0.4 is 18.9 Å². The zero-order valence-corrected chi connectivity index (χ0v) is 23.4. The van der Waals surface area contributed by atoms with Crippen LogP contribution in [-0.2, 0) is 23.7 Å². The van der Waals surface area contributed by atoms with E-state index in [9.17, 15) is 20.1 Å². The molecule has 0 amide bonds. The first-order chi connectivity index (χ1) is 20.3. The first-order valence-corrected chi connectivity index (χ1v) is 14.1. The van der Waals surface area contributed by atoms with Gasteiger partial charge in [0.05, 0.1) is 51.7 Å². The Morgan fingerprint density at radius 3 is 2.29 bits per heavy atom. The Kier molecular flexibility index (Phi) is 6.86. The number of carbonyl (C=O) groups excluding carboxylic acids is 1. The Morgan fingerprint density at radius 1 is 0.905 bits per heavy atom. The van der Waals surface area contributed by atoms with Crippen molar-refractivity contribution in [2.45, 2.75) is 56.1 Å². The second kappa shape index (κ2) is 10.5. The number of hydrogen-bond acceptors (Lipinski definition) is 12. The maximum atomic E-state index is 13.4. The van der Waals surface area contributed by atoms with E-state index < -0.39 is 54.6 Å². The molecule has 2 aromatic carbocycles. The van der Waals surface area contributed by atoms with Gasteiger partial charge in [0.25, 0.3) is 0 Å². The number of aliphatic hydroxyl groups is 2. The average molecular weight is 587 g/mol. The molecule has 0 aromatic heterocycles. The van der Waals surface area contributed by atoms with Crippen LogP contribution in [0.1, 0.15) is 42.1 Å². The normalized spacial score (nSPS) is 36.5. The molecule has 3 fully saturated rings. The third-order valence-corrected chi connectivity index (χ3v) is 9.26. The number of rotatable bonds is 5. The first-order valence-electron chi connectivity index (χ1n) is 14.1. The molecule has 3 aliphatic heterocycles. The molecule has 12 heteroatoms. The highest BCUT2D eigenvalue weighted by Crippen LogP contribution is 2.57. The van der Waals surface area contributed by atoms with E-state index in [1.807, 2.05) is 12.1 Å². The SMILES string of the molecule is COc1cc([C@@H]2c3cc4c(cc3C(O[C@@H]3C[C@@H]5CO[C@@H](C)O[C@H]5[C@H](O)[C@H]3O)[C@H]3COC(=O)[C@H]23)OCO4)cc(OC)c1O. The number of phenols is 1. The molecule has 2 aromatic rings. The molecule has 0 bridgehead atoms. The number of phenolic OH excluding ortho intramolecular Hbond substituents is 1. The minimum absolute atomic E-state index is 0.0548.